The molecule has 3 aromatic rings. The van der Waals surface area contributed by atoms with Crippen LogP contribution < -0.4 is 22.9 Å². The van der Waals surface area contributed by atoms with Crippen LogP contribution in [-0.2, 0) is 32.0 Å². The summed E-state index contributed by atoms with van der Waals surface area (Å²) in [5.74, 6) is -4.12. The van der Waals surface area contributed by atoms with E-state index in [1.807, 2.05) is 30.5 Å². The minimum Gasteiger partial charge on any atom is -0.480 e. The second-order valence-corrected chi connectivity index (χ2v) is 7.97. The number of imidazole rings is 1. The highest BCUT2D eigenvalue weighted by molar-refractivity contribution is 5.84. The Balaban J connectivity index is 0.000000531. The van der Waals surface area contributed by atoms with Gasteiger partial charge in [0.2, 0.25) is 0 Å². The highest BCUT2D eigenvalue weighted by atomic mass is 16.4. The number of aliphatic hydroxyl groups is 1. The molecule has 0 saturated heterocycles. The van der Waals surface area contributed by atoms with Gasteiger partial charge in [0, 0.05) is 36.1 Å². The molecule has 1 aromatic carbocycles. The summed E-state index contributed by atoms with van der Waals surface area (Å²) >= 11 is 0. The van der Waals surface area contributed by atoms with Crippen LogP contribution in [0.2, 0.25) is 0 Å². The largest absolute Gasteiger partial charge is 0.480 e. The molecule has 0 amide bonds. The number of rotatable bonds is 9. The third-order valence-electron chi connectivity index (χ3n) is 4.64. The van der Waals surface area contributed by atoms with Crippen LogP contribution in [0.4, 0.5) is 0 Å². The van der Waals surface area contributed by atoms with Gasteiger partial charge in [-0.15, -0.1) is 0 Å². The second kappa shape index (κ2) is 18.0. The summed E-state index contributed by atoms with van der Waals surface area (Å²) in [6, 6.07) is 4.19. The molecule has 0 radical (unpaired) electrons. The van der Waals surface area contributed by atoms with Gasteiger partial charge in [-0.1, -0.05) is 18.2 Å². The molecule has 0 aliphatic carbocycles. The van der Waals surface area contributed by atoms with Crippen LogP contribution in [0.1, 0.15) is 18.2 Å². The molecule has 15 N–H and O–H groups in total. The number of carboxylic acid groups (broad SMARTS) is 4. The molecular weight excluding hydrogens is 518 g/mol. The molecular formula is C23H35N7O9. The Hall–Kier alpha value is -4.35. The number of hydrogen-bond acceptors (Lipinski definition) is 10. The predicted octanol–water partition coefficient (Wildman–Crippen LogP) is -1.70. The first-order valence-corrected chi connectivity index (χ1v) is 11.3. The topological polar surface area (TPSA) is 318 Å². The fourth-order valence-corrected chi connectivity index (χ4v) is 2.42. The van der Waals surface area contributed by atoms with Crippen molar-refractivity contribution in [1.29, 1.82) is 0 Å². The number of carboxylic acids is 4. The summed E-state index contributed by atoms with van der Waals surface area (Å²) in [4.78, 5) is 49.7. The summed E-state index contributed by atoms with van der Waals surface area (Å²) < 4.78 is 0. The molecule has 0 bridgehead atoms. The smallest absolute Gasteiger partial charge is 0.322 e. The molecule has 0 spiro atoms. The molecule has 2 heterocycles. The average molecular weight is 554 g/mol. The number of nitrogens with one attached hydrogen (secondary N) is 2. The minimum atomic E-state index is -1.18. The van der Waals surface area contributed by atoms with Crippen LogP contribution in [0.3, 0.4) is 0 Å². The Kier molecular flexibility index (Phi) is 16.0. The lowest BCUT2D eigenvalue weighted by Gasteiger charge is -2.04. The van der Waals surface area contributed by atoms with Crippen LogP contribution in [0, 0.1) is 0 Å². The van der Waals surface area contributed by atoms with Gasteiger partial charge in [0.05, 0.1) is 18.6 Å². The number of aliphatic carboxylic acids is 4. The van der Waals surface area contributed by atoms with E-state index in [0.29, 0.717) is 12.1 Å². The van der Waals surface area contributed by atoms with Gasteiger partial charge < -0.3 is 58.4 Å². The van der Waals surface area contributed by atoms with Gasteiger partial charge >= 0.3 is 23.9 Å². The van der Waals surface area contributed by atoms with E-state index in [9.17, 15) is 19.2 Å². The van der Waals surface area contributed by atoms with Gasteiger partial charge in [0.1, 0.15) is 24.2 Å². The van der Waals surface area contributed by atoms with E-state index in [0.717, 1.165) is 16.5 Å². The fourth-order valence-electron chi connectivity index (χ4n) is 2.42. The normalized spacial score (nSPS) is 13.1. The van der Waals surface area contributed by atoms with E-state index in [2.05, 4.69) is 15.0 Å². The molecule has 0 fully saturated rings. The SMILES string of the molecule is C[C@H](N)C(=O)O.N[C@@H](Cc1c[nH]c2ccccc12)C(=O)O.N[C@@H](Cc1c[nH]cn1)C(=O)O.N[C@H](CO)C(=O)O. The zero-order chi connectivity index (χ0) is 30.1. The molecule has 0 saturated carbocycles. The third kappa shape index (κ3) is 14.2. The molecule has 16 nitrogen and oxygen atoms in total. The molecule has 0 unspecified atom stereocenters. The van der Waals surface area contributed by atoms with Crippen molar-refractivity contribution in [2.75, 3.05) is 6.61 Å². The van der Waals surface area contributed by atoms with Crippen molar-refractivity contribution in [3.05, 3.63) is 54.2 Å². The molecule has 2 aromatic heterocycles. The first-order chi connectivity index (χ1) is 18.2. The number of hydrogen-bond donors (Lipinski definition) is 11. The Morgan fingerprint density at radius 2 is 1.33 bits per heavy atom. The standard InChI is InChI=1S/C11H12N2O2.C6H9N3O2.C3H7NO3.C3H7NO2/c12-9(11(14)15)5-7-6-13-10-4-2-1-3-8(7)10;7-5(6(10)11)1-4-2-8-3-9-4;4-2(1-5)3(6)7;1-2(4)3(5)6/h1-4,6,9,13H,5,12H2,(H,14,15);2-3,5H,1,7H2,(H,8,9)(H,10,11);2,5H,1,4H2,(H,6,7);2H,4H2,1H3,(H,5,6)/t9-;5-;2*2-/m0010/s1. The highest BCUT2D eigenvalue weighted by Crippen LogP contribution is 2.18. The first kappa shape index (κ1) is 34.6. The molecule has 0 aliphatic heterocycles. The van der Waals surface area contributed by atoms with E-state index < -0.39 is 54.7 Å². The Morgan fingerprint density at radius 3 is 1.74 bits per heavy atom. The lowest BCUT2D eigenvalue weighted by atomic mass is 10.1. The summed E-state index contributed by atoms with van der Waals surface area (Å²) in [5.41, 5.74) is 23.0. The Bertz CT molecular complexity index is 1170. The van der Waals surface area contributed by atoms with Crippen LogP contribution in [0.15, 0.2) is 43.0 Å². The van der Waals surface area contributed by atoms with Crippen molar-refractivity contribution in [3.8, 4) is 0 Å². The van der Waals surface area contributed by atoms with Crippen molar-refractivity contribution < 1.29 is 44.7 Å². The molecule has 216 valence electrons. The van der Waals surface area contributed by atoms with Crippen LogP contribution in [-0.4, -0.2) is 95.1 Å². The zero-order valence-electron chi connectivity index (χ0n) is 21.1. The first-order valence-electron chi connectivity index (χ1n) is 11.3. The lowest BCUT2D eigenvalue weighted by Crippen LogP contribution is -2.33. The van der Waals surface area contributed by atoms with Gasteiger partial charge in [-0.2, -0.15) is 0 Å². The number of carbonyl (C=O) groups is 4. The summed E-state index contributed by atoms with van der Waals surface area (Å²) in [5, 5.41) is 41.9. The van der Waals surface area contributed by atoms with Crippen molar-refractivity contribution in [3.63, 3.8) is 0 Å². The van der Waals surface area contributed by atoms with Crippen molar-refractivity contribution in [1.82, 2.24) is 15.0 Å². The van der Waals surface area contributed by atoms with Gasteiger partial charge in [-0.05, 0) is 18.6 Å². The molecule has 3 rings (SSSR count). The summed E-state index contributed by atoms with van der Waals surface area (Å²) in [6.45, 7) is 0.914. The summed E-state index contributed by atoms with van der Waals surface area (Å²) in [6.07, 6.45) is 5.54. The predicted molar refractivity (Wildman–Crippen MR) is 139 cm³/mol. The Morgan fingerprint density at radius 1 is 0.821 bits per heavy atom. The lowest BCUT2D eigenvalue weighted by molar-refractivity contribution is -0.140. The molecule has 4 atom stereocenters. The van der Waals surface area contributed by atoms with E-state index in [1.165, 1.54) is 13.3 Å². The number of aliphatic hydroxyl groups excluding tert-OH is 1. The quantitative estimate of drug-likeness (QED) is 0.141. The van der Waals surface area contributed by atoms with Gasteiger partial charge in [0.25, 0.3) is 0 Å². The Labute approximate surface area is 222 Å². The number of H-pyrrole nitrogens is 2. The van der Waals surface area contributed by atoms with E-state index in [-0.39, 0.29) is 6.42 Å². The number of fused-ring (bicyclic) bond motifs is 1. The number of nitrogens with zero attached hydrogens (tertiary/aromatic N) is 1. The number of nitrogens with two attached hydrogens (primary N) is 4. The minimum absolute atomic E-state index is 0.263. The number of aromatic amines is 2. The van der Waals surface area contributed by atoms with Crippen molar-refractivity contribution in [2.24, 2.45) is 22.9 Å². The summed E-state index contributed by atoms with van der Waals surface area (Å²) in [7, 11) is 0. The van der Waals surface area contributed by atoms with Crippen molar-refractivity contribution >= 4 is 34.8 Å². The average Bonchev–Trinajstić information content (AvgIpc) is 3.54. The maximum atomic E-state index is 10.6. The molecule has 39 heavy (non-hydrogen) atoms. The molecule has 0 aliphatic rings. The second-order valence-electron chi connectivity index (χ2n) is 7.97. The monoisotopic (exact) mass is 553 g/mol. The van der Waals surface area contributed by atoms with Gasteiger partial charge in [-0.3, -0.25) is 19.2 Å². The van der Waals surface area contributed by atoms with Gasteiger partial charge in [0.15, 0.2) is 0 Å². The van der Waals surface area contributed by atoms with Crippen LogP contribution >= 0.6 is 0 Å². The fraction of sp³-hybridized carbons (Fsp3) is 0.348. The highest BCUT2D eigenvalue weighted by Gasteiger charge is 2.14. The number of para-hydroxylation sites is 1. The maximum Gasteiger partial charge on any atom is 0.322 e. The van der Waals surface area contributed by atoms with Crippen LogP contribution in [0.5, 0.6) is 0 Å². The van der Waals surface area contributed by atoms with Crippen LogP contribution in [0.25, 0.3) is 10.9 Å². The van der Waals surface area contributed by atoms with E-state index in [1.54, 1.807) is 6.20 Å². The maximum absolute atomic E-state index is 10.6. The number of aromatic nitrogens is 3. The molecule has 16 heteroatoms. The number of benzene rings is 1. The third-order valence-corrected chi connectivity index (χ3v) is 4.64. The van der Waals surface area contributed by atoms with Gasteiger partial charge in [-0.25, -0.2) is 4.98 Å². The van der Waals surface area contributed by atoms with E-state index in [4.69, 9.17) is 48.5 Å². The zero-order valence-corrected chi connectivity index (χ0v) is 21.1. The van der Waals surface area contributed by atoms with Crippen molar-refractivity contribution in [2.45, 2.75) is 43.9 Å². The van der Waals surface area contributed by atoms with E-state index >= 15 is 0 Å².